The van der Waals surface area contributed by atoms with Crippen LogP contribution in [0.3, 0.4) is 0 Å². The van der Waals surface area contributed by atoms with Gasteiger partial charge in [0.15, 0.2) is 0 Å². The second-order valence-electron chi connectivity index (χ2n) is 9.54. The Kier molecular flexibility index (Phi) is 5.66. The monoisotopic (exact) mass is 390 g/mol. The summed E-state index contributed by atoms with van der Waals surface area (Å²) in [7, 11) is 0. The Morgan fingerprint density at radius 1 is 1.04 bits per heavy atom. The summed E-state index contributed by atoms with van der Waals surface area (Å²) in [6.45, 7) is 0.870. The third kappa shape index (κ3) is 3.67. The molecule has 6 heteroatoms. The summed E-state index contributed by atoms with van der Waals surface area (Å²) in [4.78, 5) is 39.1. The number of amides is 2. The number of likely N-dealkylation sites (tertiary alicyclic amines) is 1. The van der Waals surface area contributed by atoms with Gasteiger partial charge in [-0.15, -0.1) is 0 Å². The van der Waals surface area contributed by atoms with E-state index in [2.05, 4.69) is 4.90 Å². The molecule has 4 fully saturated rings. The van der Waals surface area contributed by atoms with Crippen molar-refractivity contribution in [2.75, 3.05) is 6.54 Å². The van der Waals surface area contributed by atoms with Gasteiger partial charge >= 0.3 is 5.97 Å². The van der Waals surface area contributed by atoms with Crippen LogP contribution in [0.4, 0.5) is 0 Å². The number of esters is 1. The quantitative estimate of drug-likeness (QED) is 0.706. The van der Waals surface area contributed by atoms with Crippen molar-refractivity contribution >= 4 is 17.8 Å². The van der Waals surface area contributed by atoms with E-state index in [0.717, 1.165) is 45.1 Å². The molecule has 3 aliphatic carbocycles. The van der Waals surface area contributed by atoms with Gasteiger partial charge in [0.05, 0.1) is 5.41 Å². The van der Waals surface area contributed by atoms with Crippen LogP contribution in [-0.4, -0.2) is 41.4 Å². The van der Waals surface area contributed by atoms with E-state index in [1.54, 1.807) is 0 Å². The Morgan fingerprint density at radius 2 is 1.82 bits per heavy atom. The van der Waals surface area contributed by atoms with Gasteiger partial charge in [-0.3, -0.25) is 14.4 Å². The fraction of sp³-hybridized carbons (Fsp3) is 0.864. The minimum atomic E-state index is -0.639. The minimum Gasteiger partial charge on any atom is -0.461 e. The molecule has 2 amide bonds. The molecule has 0 radical (unpaired) electrons. The Balaban J connectivity index is 1.23. The second kappa shape index (κ2) is 8.03. The fourth-order valence-corrected chi connectivity index (χ4v) is 6.43. The molecule has 4 aliphatic rings. The van der Waals surface area contributed by atoms with Gasteiger partial charge in [-0.25, -0.2) is 0 Å². The molecular formula is C22H34N2O4. The van der Waals surface area contributed by atoms with E-state index in [1.165, 1.54) is 25.7 Å². The molecule has 0 aromatic heterocycles. The van der Waals surface area contributed by atoms with Crippen LogP contribution < -0.4 is 5.73 Å². The molecule has 28 heavy (non-hydrogen) atoms. The van der Waals surface area contributed by atoms with Crippen molar-refractivity contribution in [3.63, 3.8) is 0 Å². The van der Waals surface area contributed by atoms with Crippen LogP contribution >= 0.6 is 0 Å². The Labute approximate surface area is 167 Å². The molecule has 5 atom stereocenters. The predicted molar refractivity (Wildman–Crippen MR) is 104 cm³/mol. The lowest BCUT2D eigenvalue weighted by Gasteiger charge is -2.44. The zero-order chi connectivity index (χ0) is 19.7. The maximum atomic E-state index is 12.7. The first-order valence-corrected chi connectivity index (χ1v) is 11.3. The summed E-state index contributed by atoms with van der Waals surface area (Å²) < 4.78 is 5.66. The van der Waals surface area contributed by atoms with Crippen molar-refractivity contribution in [2.45, 2.75) is 95.6 Å². The molecule has 2 bridgehead atoms. The lowest BCUT2D eigenvalue weighted by Crippen LogP contribution is -2.49. The van der Waals surface area contributed by atoms with Crippen LogP contribution in [-0.2, 0) is 19.1 Å². The molecule has 1 saturated heterocycles. The number of nitrogens with zero attached hydrogens (tertiary/aromatic N) is 1. The maximum Gasteiger partial charge on any atom is 0.306 e. The number of carbonyl (C=O) groups is 3. The maximum absolute atomic E-state index is 12.7. The number of primary amides is 1. The van der Waals surface area contributed by atoms with E-state index in [4.69, 9.17) is 10.5 Å². The molecule has 3 saturated carbocycles. The molecule has 156 valence electrons. The van der Waals surface area contributed by atoms with Crippen LogP contribution in [0.25, 0.3) is 0 Å². The van der Waals surface area contributed by atoms with Crippen molar-refractivity contribution in [1.29, 1.82) is 0 Å². The van der Waals surface area contributed by atoms with E-state index in [1.807, 2.05) is 0 Å². The van der Waals surface area contributed by atoms with E-state index < -0.39 is 5.41 Å². The third-order valence-corrected chi connectivity index (χ3v) is 7.91. The average molecular weight is 391 g/mol. The second-order valence-corrected chi connectivity index (χ2v) is 9.54. The number of piperidine rings is 1. The Morgan fingerprint density at radius 3 is 2.61 bits per heavy atom. The molecule has 2 N–H and O–H groups in total. The van der Waals surface area contributed by atoms with Crippen molar-refractivity contribution in [3.05, 3.63) is 0 Å². The van der Waals surface area contributed by atoms with E-state index in [9.17, 15) is 14.4 Å². The largest absolute Gasteiger partial charge is 0.461 e. The van der Waals surface area contributed by atoms with Crippen molar-refractivity contribution < 1.29 is 19.1 Å². The Hall–Kier alpha value is -1.59. The van der Waals surface area contributed by atoms with Crippen molar-refractivity contribution in [1.82, 2.24) is 4.90 Å². The SMILES string of the molecule is NC(=O)C12CCC(CC1OC(=O)CCCC(=O)N1CCCC3CCCCC31)C2. The highest BCUT2D eigenvalue weighted by Gasteiger charge is 2.57. The first-order chi connectivity index (χ1) is 13.5. The summed E-state index contributed by atoms with van der Waals surface area (Å²) in [5, 5.41) is 0. The number of nitrogens with two attached hydrogens (primary N) is 1. The lowest BCUT2D eigenvalue weighted by molar-refractivity contribution is -0.158. The fourth-order valence-electron chi connectivity index (χ4n) is 6.43. The molecule has 0 aromatic carbocycles. The molecule has 6 nitrogen and oxygen atoms in total. The summed E-state index contributed by atoms with van der Waals surface area (Å²) in [5.74, 6) is 0.708. The highest BCUT2D eigenvalue weighted by molar-refractivity contribution is 5.83. The predicted octanol–water partition coefficient (Wildman–Crippen LogP) is 2.93. The number of carbonyl (C=O) groups excluding carboxylic acids is 3. The summed E-state index contributed by atoms with van der Waals surface area (Å²) in [6, 6.07) is 0.423. The normalized spacial score (nSPS) is 36.8. The topological polar surface area (TPSA) is 89.7 Å². The molecule has 4 rings (SSSR count). The summed E-state index contributed by atoms with van der Waals surface area (Å²) in [6.07, 6.45) is 11.3. The number of fused-ring (bicyclic) bond motifs is 3. The molecule has 5 unspecified atom stereocenters. The van der Waals surface area contributed by atoms with Crippen LogP contribution in [0.2, 0.25) is 0 Å². The van der Waals surface area contributed by atoms with Crippen molar-refractivity contribution in [3.8, 4) is 0 Å². The van der Waals surface area contributed by atoms with Crippen molar-refractivity contribution in [2.24, 2.45) is 23.0 Å². The third-order valence-electron chi connectivity index (χ3n) is 7.91. The van der Waals surface area contributed by atoms with E-state index >= 15 is 0 Å². The number of hydrogen-bond donors (Lipinski definition) is 1. The first-order valence-electron chi connectivity index (χ1n) is 11.3. The number of rotatable bonds is 6. The Bertz CT molecular complexity index is 634. The van der Waals surface area contributed by atoms with Gasteiger partial charge in [0, 0.05) is 25.4 Å². The smallest absolute Gasteiger partial charge is 0.306 e. The lowest BCUT2D eigenvalue weighted by atomic mass is 9.78. The van der Waals surface area contributed by atoms with Gasteiger partial charge in [0.25, 0.3) is 0 Å². The highest BCUT2D eigenvalue weighted by Crippen LogP contribution is 2.55. The standard InChI is InChI=1S/C22H34N2O4/c23-21(27)22-11-10-15(14-22)13-18(22)28-20(26)9-3-8-19(25)24-12-4-6-16-5-1-2-7-17(16)24/h15-18H,1-14H2,(H2,23,27). The van der Waals surface area contributed by atoms with Crippen LogP contribution in [0.5, 0.6) is 0 Å². The van der Waals surface area contributed by atoms with Gasteiger partial charge in [-0.2, -0.15) is 0 Å². The highest BCUT2D eigenvalue weighted by atomic mass is 16.5. The van der Waals surface area contributed by atoms with E-state index in [-0.39, 0.29) is 30.3 Å². The average Bonchev–Trinajstić information content (AvgIpc) is 3.27. The summed E-state index contributed by atoms with van der Waals surface area (Å²) in [5.41, 5.74) is 4.99. The molecule has 1 heterocycles. The van der Waals surface area contributed by atoms with Crippen LogP contribution in [0.1, 0.15) is 83.5 Å². The van der Waals surface area contributed by atoms with E-state index in [0.29, 0.717) is 30.7 Å². The molecule has 0 aromatic rings. The number of hydrogen-bond acceptors (Lipinski definition) is 4. The zero-order valence-corrected chi connectivity index (χ0v) is 16.9. The van der Waals surface area contributed by atoms with Gasteiger partial charge < -0.3 is 15.4 Å². The van der Waals surface area contributed by atoms with Crippen LogP contribution in [0, 0.1) is 17.3 Å². The van der Waals surface area contributed by atoms with Gasteiger partial charge in [0.2, 0.25) is 11.8 Å². The van der Waals surface area contributed by atoms with Gasteiger partial charge in [-0.1, -0.05) is 12.8 Å². The molecular weight excluding hydrogens is 356 g/mol. The number of ether oxygens (including phenoxy) is 1. The van der Waals surface area contributed by atoms with Gasteiger partial charge in [0.1, 0.15) is 6.10 Å². The molecule has 1 aliphatic heterocycles. The summed E-state index contributed by atoms with van der Waals surface area (Å²) >= 11 is 0. The van der Waals surface area contributed by atoms with Gasteiger partial charge in [-0.05, 0) is 69.6 Å². The van der Waals surface area contributed by atoms with Crippen LogP contribution in [0.15, 0.2) is 0 Å². The first kappa shape index (κ1) is 19.7. The molecule has 0 spiro atoms. The zero-order valence-electron chi connectivity index (χ0n) is 16.9. The minimum absolute atomic E-state index is 0.193.